The monoisotopic (exact) mass is 236 g/mol. The van der Waals surface area contributed by atoms with Crippen LogP contribution >= 0.6 is 0 Å². The lowest BCUT2D eigenvalue weighted by Crippen LogP contribution is -2.46. The molecule has 4 heteroatoms. The Labute approximate surface area is 104 Å². The van der Waals surface area contributed by atoms with Gasteiger partial charge in [-0.1, -0.05) is 6.92 Å². The van der Waals surface area contributed by atoms with E-state index in [0.29, 0.717) is 6.04 Å². The lowest BCUT2D eigenvalue weighted by Gasteiger charge is -2.39. The summed E-state index contributed by atoms with van der Waals surface area (Å²) in [5.41, 5.74) is 7.62. The van der Waals surface area contributed by atoms with E-state index in [4.69, 9.17) is 5.73 Å². The Morgan fingerprint density at radius 3 is 3.00 bits per heavy atom. The predicted octanol–water partition coefficient (Wildman–Crippen LogP) is 1.78. The first-order valence-electron chi connectivity index (χ1n) is 6.77. The van der Waals surface area contributed by atoms with Crippen LogP contribution in [0.2, 0.25) is 0 Å². The Kier molecular flexibility index (Phi) is 4.18. The van der Waals surface area contributed by atoms with E-state index in [1.165, 1.54) is 25.1 Å². The number of hydrogen-bond acceptors (Lipinski definition) is 3. The largest absolute Gasteiger partial charge is 0.333 e. The van der Waals surface area contributed by atoms with E-state index >= 15 is 0 Å². The summed E-state index contributed by atoms with van der Waals surface area (Å²) < 4.78 is 2.22. The lowest BCUT2D eigenvalue weighted by molar-refractivity contribution is 0.122. The summed E-state index contributed by atoms with van der Waals surface area (Å²) >= 11 is 0. The van der Waals surface area contributed by atoms with Crippen LogP contribution in [0, 0.1) is 0 Å². The Morgan fingerprint density at radius 1 is 1.47 bits per heavy atom. The van der Waals surface area contributed by atoms with Crippen LogP contribution < -0.4 is 5.73 Å². The summed E-state index contributed by atoms with van der Waals surface area (Å²) in [6, 6.07) is 0.600. The topological polar surface area (TPSA) is 47.1 Å². The van der Waals surface area contributed by atoms with E-state index in [1.807, 2.05) is 12.5 Å². The number of nitrogens with two attached hydrogens (primary N) is 1. The van der Waals surface area contributed by atoms with Gasteiger partial charge in [0.05, 0.1) is 18.1 Å². The van der Waals surface area contributed by atoms with Gasteiger partial charge >= 0.3 is 0 Å². The van der Waals surface area contributed by atoms with Gasteiger partial charge in [0.25, 0.3) is 0 Å². The summed E-state index contributed by atoms with van der Waals surface area (Å²) in [6.45, 7) is 7.66. The number of likely N-dealkylation sites (tertiary alicyclic amines) is 1. The molecule has 2 unspecified atom stereocenters. The molecule has 4 nitrogen and oxygen atoms in total. The zero-order valence-electron chi connectivity index (χ0n) is 11.0. The Balaban J connectivity index is 2.24. The summed E-state index contributed by atoms with van der Waals surface area (Å²) in [4.78, 5) is 6.80. The molecule has 96 valence electrons. The molecule has 2 N–H and O–H groups in total. The Hall–Kier alpha value is -0.870. The Bertz CT molecular complexity index is 345. The van der Waals surface area contributed by atoms with Crippen molar-refractivity contribution in [2.75, 3.05) is 13.1 Å². The van der Waals surface area contributed by atoms with Crippen molar-refractivity contribution in [3.05, 3.63) is 18.2 Å². The SMILES string of the molecule is CCCN1CCCC(N)C1c1cncn1CC. The second-order valence-corrected chi connectivity index (χ2v) is 4.89. The molecule has 1 aromatic rings. The van der Waals surface area contributed by atoms with E-state index in [1.54, 1.807) is 0 Å². The molecule has 0 aliphatic carbocycles. The van der Waals surface area contributed by atoms with Crippen LogP contribution in [0.15, 0.2) is 12.5 Å². The molecule has 1 aromatic heterocycles. The molecule has 17 heavy (non-hydrogen) atoms. The van der Waals surface area contributed by atoms with Crippen molar-refractivity contribution < 1.29 is 0 Å². The fourth-order valence-electron chi connectivity index (χ4n) is 2.88. The third-order valence-electron chi connectivity index (χ3n) is 3.68. The smallest absolute Gasteiger partial charge is 0.0948 e. The lowest BCUT2D eigenvalue weighted by atomic mass is 9.94. The number of aromatic nitrogens is 2. The first kappa shape index (κ1) is 12.6. The first-order valence-corrected chi connectivity index (χ1v) is 6.77. The summed E-state index contributed by atoms with van der Waals surface area (Å²) in [6.07, 6.45) is 7.43. The van der Waals surface area contributed by atoms with Crippen LogP contribution in [-0.2, 0) is 6.54 Å². The molecule has 0 aromatic carbocycles. The van der Waals surface area contributed by atoms with Crippen LogP contribution in [0.5, 0.6) is 0 Å². The number of rotatable bonds is 4. The van der Waals surface area contributed by atoms with Crippen LogP contribution in [0.4, 0.5) is 0 Å². The van der Waals surface area contributed by atoms with Crippen LogP contribution in [-0.4, -0.2) is 33.6 Å². The number of aryl methyl sites for hydroxylation is 1. The molecule has 1 fully saturated rings. The number of nitrogens with zero attached hydrogens (tertiary/aromatic N) is 3. The van der Waals surface area contributed by atoms with Gasteiger partial charge < -0.3 is 10.3 Å². The van der Waals surface area contributed by atoms with Gasteiger partial charge in [-0.2, -0.15) is 0 Å². The quantitative estimate of drug-likeness (QED) is 0.867. The Morgan fingerprint density at radius 2 is 2.29 bits per heavy atom. The maximum absolute atomic E-state index is 6.33. The second kappa shape index (κ2) is 5.65. The van der Waals surface area contributed by atoms with Crippen molar-refractivity contribution >= 4 is 0 Å². The standard InChI is InChI=1S/C13H24N4/c1-3-7-17-8-5-6-11(14)13(17)12-9-15-10-16(12)4-2/h9-11,13H,3-8,14H2,1-2H3. The molecule has 0 spiro atoms. The number of piperidine rings is 1. The molecule has 0 bridgehead atoms. The predicted molar refractivity (Wildman–Crippen MR) is 69.7 cm³/mol. The molecular formula is C13H24N4. The fourth-order valence-corrected chi connectivity index (χ4v) is 2.88. The maximum atomic E-state index is 6.33. The maximum Gasteiger partial charge on any atom is 0.0948 e. The van der Waals surface area contributed by atoms with Gasteiger partial charge in [-0.25, -0.2) is 4.98 Å². The molecular weight excluding hydrogens is 212 g/mol. The summed E-state index contributed by atoms with van der Waals surface area (Å²) in [5, 5.41) is 0. The minimum Gasteiger partial charge on any atom is -0.333 e. The number of hydrogen-bond donors (Lipinski definition) is 1. The van der Waals surface area contributed by atoms with Crippen molar-refractivity contribution in [1.82, 2.24) is 14.5 Å². The van der Waals surface area contributed by atoms with Gasteiger partial charge in [-0.3, -0.25) is 4.90 Å². The van der Waals surface area contributed by atoms with Crippen molar-refractivity contribution in [2.24, 2.45) is 5.73 Å². The van der Waals surface area contributed by atoms with Crippen molar-refractivity contribution in [2.45, 2.75) is 51.7 Å². The van der Waals surface area contributed by atoms with Gasteiger partial charge in [0.1, 0.15) is 0 Å². The van der Waals surface area contributed by atoms with E-state index in [9.17, 15) is 0 Å². The van der Waals surface area contributed by atoms with Gasteiger partial charge in [0.15, 0.2) is 0 Å². The molecule has 1 aliphatic rings. The number of imidazole rings is 1. The van der Waals surface area contributed by atoms with Crippen LogP contribution in [0.1, 0.15) is 44.8 Å². The molecule has 0 amide bonds. The second-order valence-electron chi connectivity index (χ2n) is 4.89. The zero-order chi connectivity index (χ0) is 12.3. The molecule has 0 saturated carbocycles. The van der Waals surface area contributed by atoms with Gasteiger partial charge in [0, 0.05) is 18.8 Å². The highest BCUT2D eigenvalue weighted by molar-refractivity contribution is 5.10. The van der Waals surface area contributed by atoms with Gasteiger partial charge in [0.2, 0.25) is 0 Å². The highest BCUT2D eigenvalue weighted by atomic mass is 15.2. The van der Waals surface area contributed by atoms with E-state index in [0.717, 1.165) is 19.5 Å². The van der Waals surface area contributed by atoms with Crippen molar-refractivity contribution in [1.29, 1.82) is 0 Å². The van der Waals surface area contributed by atoms with E-state index in [2.05, 4.69) is 28.3 Å². The average Bonchev–Trinajstić information content (AvgIpc) is 2.77. The molecule has 1 aliphatic heterocycles. The van der Waals surface area contributed by atoms with Gasteiger partial charge in [-0.15, -0.1) is 0 Å². The molecule has 2 heterocycles. The van der Waals surface area contributed by atoms with Crippen LogP contribution in [0.3, 0.4) is 0 Å². The highest BCUT2D eigenvalue weighted by Gasteiger charge is 2.31. The van der Waals surface area contributed by atoms with E-state index in [-0.39, 0.29) is 6.04 Å². The summed E-state index contributed by atoms with van der Waals surface area (Å²) in [7, 11) is 0. The van der Waals surface area contributed by atoms with Crippen molar-refractivity contribution in [3.63, 3.8) is 0 Å². The molecule has 2 atom stereocenters. The van der Waals surface area contributed by atoms with Crippen molar-refractivity contribution in [3.8, 4) is 0 Å². The normalized spacial score (nSPS) is 26.3. The minimum absolute atomic E-state index is 0.247. The van der Waals surface area contributed by atoms with Gasteiger partial charge in [-0.05, 0) is 39.3 Å². The zero-order valence-corrected chi connectivity index (χ0v) is 11.0. The molecule has 2 rings (SSSR count). The molecule has 1 saturated heterocycles. The third-order valence-corrected chi connectivity index (χ3v) is 3.68. The highest BCUT2D eigenvalue weighted by Crippen LogP contribution is 2.30. The third kappa shape index (κ3) is 2.53. The van der Waals surface area contributed by atoms with E-state index < -0.39 is 0 Å². The average molecular weight is 236 g/mol. The minimum atomic E-state index is 0.247. The van der Waals surface area contributed by atoms with Crippen LogP contribution in [0.25, 0.3) is 0 Å². The first-order chi connectivity index (χ1) is 8.27. The molecule has 0 radical (unpaired) electrons. The fraction of sp³-hybridized carbons (Fsp3) is 0.769. The summed E-state index contributed by atoms with van der Waals surface area (Å²) in [5.74, 6) is 0.